The van der Waals surface area contributed by atoms with Crippen LogP contribution in [0, 0.1) is 10.1 Å². The summed E-state index contributed by atoms with van der Waals surface area (Å²) in [4.78, 5) is 22.4. The number of benzene rings is 2. The van der Waals surface area contributed by atoms with Crippen molar-refractivity contribution in [2.75, 3.05) is 30.3 Å². The molecular formula is C21H27N3O6S. The second-order valence-electron chi connectivity index (χ2n) is 6.91. The van der Waals surface area contributed by atoms with Gasteiger partial charge in [0.1, 0.15) is 12.4 Å². The average molecular weight is 450 g/mol. The summed E-state index contributed by atoms with van der Waals surface area (Å²) in [6, 6.07) is 13.1. The maximum Gasteiger partial charge on any atom is 0.271 e. The van der Waals surface area contributed by atoms with Crippen LogP contribution in [0.4, 0.5) is 11.4 Å². The maximum absolute atomic E-state index is 12.1. The summed E-state index contributed by atoms with van der Waals surface area (Å²) in [5, 5.41) is 13.7. The van der Waals surface area contributed by atoms with E-state index in [1.165, 1.54) is 29.8 Å². The number of nitro benzene ring substituents is 1. The highest BCUT2D eigenvalue weighted by Crippen LogP contribution is 2.23. The molecule has 0 aromatic heterocycles. The Morgan fingerprint density at radius 3 is 2.52 bits per heavy atom. The number of amides is 1. The second kappa shape index (κ2) is 11.3. The molecule has 168 valence electrons. The molecule has 9 nitrogen and oxygen atoms in total. The minimum absolute atomic E-state index is 0.0354. The number of sulfonamides is 1. The van der Waals surface area contributed by atoms with E-state index in [-0.39, 0.29) is 36.7 Å². The highest BCUT2D eigenvalue weighted by atomic mass is 32.2. The molecule has 0 unspecified atom stereocenters. The van der Waals surface area contributed by atoms with E-state index in [1.54, 1.807) is 0 Å². The number of ether oxygens (including phenoxy) is 1. The van der Waals surface area contributed by atoms with Crippen LogP contribution < -0.4 is 14.4 Å². The molecule has 2 rings (SSSR count). The number of non-ortho nitro benzene ring substituents is 1. The highest BCUT2D eigenvalue weighted by Gasteiger charge is 2.19. The molecular weight excluding hydrogens is 422 g/mol. The van der Waals surface area contributed by atoms with Crippen LogP contribution in [0.2, 0.25) is 0 Å². The highest BCUT2D eigenvalue weighted by molar-refractivity contribution is 7.92. The molecule has 2 aromatic carbocycles. The number of anilines is 1. The molecule has 1 amide bonds. The largest absolute Gasteiger partial charge is 0.492 e. The second-order valence-corrected chi connectivity index (χ2v) is 8.82. The zero-order chi connectivity index (χ0) is 22.9. The summed E-state index contributed by atoms with van der Waals surface area (Å²) in [6.07, 6.45) is 2.36. The monoisotopic (exact) mass is 449 g/mol. The summed E-state index contributed by atoms with van der Waals surface area (Å²) >= 11 is 0. The van der Waals surface area contributed by atoms with E-state index in [4.69, 9.17) is 4.74 Å². The number of aryl methyl sites for hydroxylation is 1. The van der Waals surface area contributed by atoms with Gasteiger partial charge in [-0.25, -0.2) is 8.42 Å². The summed E-state index contributed by atoms with van der Waals surface area (Å²) in [5.41, 5.74) is 1.21. The lowest BCUT2D eigenvalue weighted by atomic mass is 10.2. The van der Waals surface area contributed by atoms with Crippen molar-refractivity contribution in [1.29, 1.82) is 0 Å². The number of nitrogens with one attached hydrogen (secondary N) is 1. The Morgan fingerprint density at radius 2 is 1.90 bits per heavy atom. The van der Waals surface area contributed by atoms with Crippen molar-refractivity contribution in [3.05, 3.63) is 64.2 Å². The third-order valence-electron chi connectivity index (χ3n) is 4.52. The summed E-state index contributed by atoms with van der Waals surface area (Å²) < 4.78 is 30.9. The van der Waals surface area contributed by atoms with Gasteiger partial charge in [0.2, 0.25) is 15.9 Å². The Balaban J connectivity index is 1.79. The van der Waals surface area contributed by atoms with Crippen LogP contribution in [0.5, 0.6) is 5.75 Å². The van der Waals surface area contributed by atoms with Gasteiger partial charge < -0.3 is 10.1 Å². The predicted octanol–water partition coefficient (Wildman–Crippen LogP) is 2.90. The minimum Gasteiger partial charge on any atom is -0.492 e. The lowest BCUT2D eigenvalue weighted by molar-refractivity contribution is -0.384. The predicted molar refractivity (Wildman–Crippen MR) is 119 cm³/mol. The average Bonchev–Trinajstić information content (AvgIpc) is 2.74. The number of carbonyl (C=O) groups excluding carboxylic acids is 1. The van der Waals surface area contributed by atoms with Crippen molar-refractivity contribution in [3.8, 4) is 5.75 Å². The molecule has 0 fully saturated rings. The lowest BCUT2D eigenvalue weighted by Crippen LogP contribution is -2.33. The number of hydrogen-bond acceptors (Lipinski definition) is 6. The molecule has 0 bridgehead atoms. The SMILES string of the molecule is CCc1ccc(OCCNC(=O)CCCN(c2cccc([N+](=O)[O-])c2)S(C)(=O)=O)cc1. The van der Waals surface area contributed by atoms with Gasteiger partial charge in [-0.3, -0.25) is 19.2 Å². The van der Waals surface area contributed by atoms with E-state index in [2.05, 4.69) is 12.2 Å². The van der Waals surface area contributed by atoms with Crippen molar-refractivity contribution in [1.82, 2.24) is 5.32 Å². The number of hydrogen-bond donors (Lipinski definition) is 1. The fourth-order valence-electron chi connectivity index (χ4n) is 2.90. The summed E-state index contributed by atoms with van der Waals surface area (Å²) in [6.45, 7) is 2.76. The zero-order valence-corrected chi connectivity index (χ0v) is 18.4. The van der Waals surface area contributed by atoms with E-state index in [1.807, 2.05) is 24.3 Å². The van der Waals surface area contributed by atoms with Crippen LogP contribution in [-0.2, 0) is 21.2 Å². The smallest absolute Gasteiger partial charge is 0.271 e. The van der Waals surface area contributed by atoms with E-state index in [0.29, 0.717) is 13.2 Å². The molecule has 0 spiro atoms. The molecule has 0 saturated carbocycles. The van der Waals surface area contributed by atoms with Gasteiger partial charge in [-0.15, -0.1) is 0 Å². The summed E-state index contributed by atoms with van der Waals surface area (Å²) in [7, 11) is -3.66. The normalized spacial score (nSPS) is 11.0. The van der Waals surface area contributed by atoms with Crippen molar-refractivity contribution in [2.24, 2.45) is 0 Å². The number of rotatable bonds is 12. The molecule has 10 heteroatoms. The molecule has 0 heterocycles. The maximum atomic E-state index is 12.1. The minimum atomic E-state index is -3.66. The van der Waals surface area contributed by atoms with Crippen molar-refractivity contribution < 1.29 is 22.9 Å². The Bertz CT molecular complexity index is 992. The number of nitrogens with zero attached hydrogens (tertiary/aromatic N) is 2. The van der Waals surface area contributed by atoms with Crippen molar-refractivity contribution in [3.63, 3.8) is 0 Å². The van der Waals surface area contributed by atoms with Gasteiger partial charge >= 0.3 is 0 Å². The first-order valence-electron chi connectivity index (χ1n) is 9.91. The van der Waals surface area contributed by atoms with Crippen LogP contribution in [0.1, 0.15) is 25.3 Å². The number of carbonyl (C=O) groups is 1. The molecule has 0 radical (unpaired) electrons. The van der Waals surface area contributed by atoms with Gasteiger partial charge in [0.25, 0.3) is 5.69 Å². The fraction of sp³-hybridized carbons (Fsp3) is 0.381. The van der Waals surface area contributed by atoms with Crippen molar-refractivity contribution >= 4 is 27.3 Å². The molecule has 1 N–H and O–H groups in total. The Kier molecular flexibility index (Phi) is 8.80. The van der Waals surface area contributed by atoms with Crippen LogP contribution in [0.25, 0.3) is 0 Å². The molecule has 0 saturated heterocycles. The fourth-order valence-corrected chi connectivity index (χ4v) is 3.86. The lowest BCUT2D eigenvalue weighted by Gasteiger charge is -2.22. The van der Waals surface area contributed by atoms with Gasteiger partial charge in [-0.05, 0) is 36.6 Å². The van der Waals surface area contributed by atoms with Crippen LogP contribution in [-0.4, -0.2) is 45.2 Å². The van der Waals surface area contributed by atoms with Gasteiger partial charge in [0, 0.05) is 25.1 Å². The topological polar surface area (TPSA) is 119 Å². The van der Waals surface area contributed by atoms with Crippen molar-refractivity contribution in [2.45, 2.75) is 26.2 Å². The third kappa shape index (κ3) is 7.89. The van der Waals surface area contributed by atoms with E-state index in [9.17, 15) is 23.3 Å². The molecule has 0 atom stereocenters. The van der Waals surface area contributed by atoms with Crippen LogP contribution in [0.15, 0.2) is 48.5 Å². The van der Waals surface area contributed by atoms with E-state index in [0.717, 1.165) is 22.7 Å². The Hall–Kier alpha value is -3.14. The zero-order valence-electron chi connectivity index (χ0n) is 17.6. The van der Waals surface area contributed by atoms with Gasteiger partial charge in [-0.2, -0.15) is 0 Å². The van der Waals surface area contributed by atoms with E-state index >= 15 is 0 Å². The first-order chi connectivity index (χ1) is 14.7. The van der Waals surface area contributed by atoms with E-state index < -0.39 is 14.9 Å². The Morgan fingerprint density at radius 1 is 1.19 bits per heavy atom. The summed E-state index contributed by atoms with van der Waals surface area (Å²) in [5.74, 6) is 0.504. The van der Waals surface area contributed by atoms with Gasteiger partial charge in [-0.1, -0.05) is 25.1 Å². The van der Waals surface area contributed by atoms with Crippen LogP contribution in [0.3, 0.4) is 0 Å². The number of nitro groups is 1. The van der Waals surface area contributed by atoms with Gasteiger partial charge in [0.05, 0.1) is 23.4 Å². The molecule has 0 aliphatic heterocycles. The molecule has 31 heavy (non-hydrogen) atoms. The molecule has 0 aliphatic rings. The first kappa shape index (κ1) is 24.1. The van der Waals surface area contributed by atoms with Gasteiger partial charge in [0.15, 0.2) is 0 Å². The third-order valence-corrected chi connectivity index (χ3v) is 5.71. The quantitative estimate of drug-likeness (QED) is 0.302. The Labute approximate surface area is 182 Å². The standard InChI is InChI=1S/C21H27N3O6S/c1-3-17-9-11-20(12-10-17)30-15-13-22-21(25)8-5-14-23(31(2,28)29)18-6-4-7-19(16-18)24(26)27/h4,6-7,9-12,16H,3,5,8,13-15H2,1-2H3,(H,22,25). The molecule has 2 aromatic rings. The molecule has 0 aliphatic carbocycles. The van der Waals surface area contributed by atoms with Crippen LogP contribution >= 0.6 is 0 Å². The first-order valence-corrected chi connectivity index (χ1v) is 11.8.